The molecular weight excluding hydrogens is 488 g/mol. The Balaban J connectivity index is 1.93. The van der Waals surface area contributed by atoms with Crippen LogP contribution in [0.1, 0.15) is 42.5 Å². The first-order chi connectivity index (χ1) is 16.2. The summed E-state index contributed by atoms with van der Waals surface area (Å²) in [5, 5.41) is 4.21. The van der Waals surface area contributed by atoms with Crippen molar-refractivity contribution in [2.75, 3.05) is 0 Å². The second-order valence-corrected chi connectivity index (χ2v) is 13.0. The minimum absolute atomic E-state index is 0.00833. The van der Waals surface area contributed by atoms with Gasteiger partial charge in [-0.2, -0.15) is 13.5 Å². The van der Waals surface area contributed by atoms with Gasteiger partial charge in [-0.05, 0) is 66.6 Å². The van der Waals surface area contributed by atoms with E-state index in [2.05, 4.69) is 5.10 Å². The number of hydrogen-bond acceptors (Lipinski definition) is 7. The summed E-state index contributed by atoms with van der Waals surface area (Å²) in [5.41, 5.74) is 2.93. The molecule has 4 rings (SSSR count). The summed E-state index contributed by atoms with van der Waals surface area (Å²) in [7, 11) is -6.56. The average Bonchev–Trinajstić information content (AvgIpc) is 3.11. The van der Waals surface area contributed by atoms with E-state index in [4.69, 9.17) is 4.18 Å². The van der Waals surface area contributed by atoms with E-state index >= 15 is 0 Å². The minimum atomic E-state index is -4.15. The molecule has 35 heavy (non-hydrogen) atoms. The Morgan fingerprint density at radius 2 is 1.71 bits per heavy atom. The molecule has 0 aliphatic carbocycles. The number of aromatic nitrogens is 2. The van der Waals surface area contributed by atoms with Gasteiger partial charge in [-0.25, -0.2) is 17.9 Å². The third kappa shape index (κ3) is 4.01. The summed E-state index contributed by atoms with van der Waals surface area (Å²) in [6.45, 7) is 9.04. The van der Waals surface area contributed by atoms with Crippen molar-refractivity contribution in [2.45, 2.75) is 56.2 Å². The van der Waals surface area contributed by atoms with Crippen LogP contribution in [0, 0.1) is 20.8 Å². The molecule has 0 amide bonds. The number of fused-ring (bicyclic) bond motifs is 1. The van der Waals surface area contributed by atoms with Gasteiger partial charge in [-0.3, -0.25) is 0 Å². The standard InChI is InChI=1S/C25H26N2O6S2/c1-15-7-9-18(10-8-15)35(31,32)33-24-21(13-26-27(24)6)20-11-16(2)23-22(17(20)3)25(4,5)12-19(14-28)34(23,29)30/h7-11,13H,12H2,1-6H3. The molecule has 1 aliphatic rings. The van der Waals surface area contributed by atoms with Crippen LogP contribution in [0.2, 0.25) is 0 Å². The van der Waals surface area contributed by atoms with Crippen LogP contribution in [-0.2, 0) is 37.2 Å². The monoisotopic (exact) mass is 514 g/mol. The van der Waals surface area contributed by atoms with E-state index in [0.717, 1.165) is 5.56 Å². The lowest BCUT2D eigenvalue weighted by atomic mass is 9.76. The molecule has 8 nitrogen and oxygen atoms in total. The number of benzene rings is 2. The van der Waals surface area contributed by atoms with Crippen molar-refractivity contribution in [3.05, 3.63) is 63.7 Å². The average molecular weight is 515 g/mol. The molecule has 184 valence electrons. The maximum Gasteiger partial charge on any atom is 0.340 e. The molecule has 3 aromatic rings. The lowest BCUT2D eigenvalue weighted by molar-refractivity contribution is 0.456. The molecule has 0 radical (unpaired) electrons. The van der Waals surface area contributed by atoms with Gasteiger partial charge < -0.3 is 4.18 Å². The van der Waals surface area contributed by atoms with Gasteiger partial charge in [0.1, 0.15) is 15.7 Å². The van der Waals surface area contributed by atoms with Gasteiger partial charge >= 0.3 is 10.1 Å². The predicted octanol–water partition coefficient (Wildman–Crippen LogP) is 3.95. The molecule has 10 heteroatoms. The zero-order valence-electron chi connectivity index (χ0n) is 20.3. The Morgan fingerprint density at radius 1 is 1.09 bits per heavy atom. The van der Waals surface area contributed by atoms with Crippen molar-refractivity contribution in [2.24, 2.45) is 7.05 Å². The molecule has 1 aliphatic heterocycles. The van der Waals surface area contributed by atoms with Crippen LogP contribution in [0.15, 0.2) is 51.2 Å². The van der Waals surface area contributed by atoms with Crippen molar-refractivity contribution in [1.29, 1.82) is 0 Å². The lowest BCUT2D eigenvalue weighted by Crippen LogP contribution is -2.31. The van der Waals surface area contributed by atoms with E-state index in [9.17, 15) is 21.6 Å². The Bertz CT molecular complexity index is 1620. The van der Waals surface area contributed by atoms with E-state index in [1.807, 2.05) is 20.8 Å². The summed E-state index contributed by atoms with van der Waals surface area (Å²) in [5.74, 6) is 1.63. The largest absolute Gasteiger partial charge is 0.358 e. The Kier molecular flexibility index (Phi) is 5.83. The number of nitrogens with zero attached hydrogens (tertiary/aromatic N) is 2. The van der Waals surface area contributed by atoms with Crippen LogP contribution in [0.3, 0.4) is 0 Å². The van der Waals surface area contributed by atoms with E-state index in [1.54, 1.807) is 45.0 Å². The highest BCUT2D eigenvalue weighted by molar-refractivity contribution is 7.95. The maximum absolute atomic E-state index is 13.2. The van der Waals surface area contributed by atoms with Gasteiger partial charge in [0, 0.05) is 13.5 Å². The minimum Gasteiger partial charge on any atom is -0.358 e. The van der Waals surface area contributed by atoms with Crippen molar-refractivity contribution < 1.29 is 25.8 Å². The van der Waals surface area contributed by atoms with Crippen molar-refractivity contribution in [1.82, 2.24) is 9.78 Å². The fraction of sp³-hybridized carbons (Fsp3) is 0.320. The molecular formula is C25H26N2O6S2. The topological polar surface area (TPSA) is 112 Å². The van der Waals surface area contributed by atoms with Gasteiger partial charge in [0.2, 0.25) is 15.7 Å². The van der Waals surface area contributed by atoms with Crippen LogP contribution >= 0.6 is 0 Å². The van der Waals surface area contributed by atoms with E-state index in [-0.39, 0.29) is 27.0 Å². The molecule has 0 N–H and O–H groups in total. The van der Waals surface area contributed by atoms with Crippen molar-refractivity contribution in [3.8, 4) is 17.0 Å². The summed E-state index contributed by atoms with van der Waals surface area (Å²) in [6, 6.07) is 7.98. The number of aryl methyl sites for hydroxylation is 3. The molecule has 0 bridgehead atoms. The number of carbonyl (C=O) groups excluding carboxylic acids is 1. The van der Waals surface area contributed by atoms with Crippen molar-refractivity contribution in [3.63, 3.8) is 0 Å². The fourth-order valence-electron chi connectivity index (χ4n) is 4.70. The van der Waals surface area contributed by atoms with Gasteiger partial charge in [0.25, 0.3) is 0 Å². The normalized spacial score (nSPS) is 16.5. The van der Waals surface area contributed by atoms with E-state index < -0.39 is 25.4 Å². The highest BCUT2D eigenvalue weighted by atomic mass is 32.2. The van der Waals surface area contributed by atoms with E-state index in [1.165, 1.54) is 23.0 Å². The highest BCUT2D eigenvalue weighted by Crippen LogP contribution is 2.49. The third-order valence-corrected chi connectivity index (χ3v) is 9.55. The molecule has 2 aromatic carbocycles. The first-order valence-corrected chi connectivity index (χ1v) is 13.8. The summed E-state index contributed by atoms with van der Waals surface area (Å²) in [4.78, 5) is 11.3. The van der Waals surface area contributed by atoms with Crippen LogP contribution in [0.25, 0.3) is 11.1 Å². The SMILES string of the molecule is Cc1ccc(S(=O)(=O)Oc2c(-c3cc(C)c4c(c3C)C(C)(C)CC(=C=O)S4(=O)=O)cnn2C)cc1. The van der Waals surface area contributed by atoms with E-state index in [0.29, 0.717) is 27.8 Å². The quantitative estimate of drug-likeness (QED) is 0.383. The molecule has 0 atom stereocenters. The summed E-state index contributed by atoms with van der Waals surface area (Å²) < 4.78 is 59.2. The fourth-order valence-corrected chi connectivity index (χ4v) is 7.76. The zero-order chi connectivity index (χ0) is 25.9. The Labute approximate surface area is 205 Å². The molecule has 0 spiro atoms. The van der Waals surface area contributed by atoms with Crippen LogP contribution in [-0.4, -0.2) is 32.6 Å². The number of rotatable bonds is 4. The smallest absolute Gasteiger partial charge is 0.340 e. The van der Waals surface area contributed by atoms with Gasteiger partial charge in [-0.15, -0.1) is 0 Å². The highest BCUT2D eigenvalue weighted by Gasteiger charge is 2.43. The summed E-state index contributed by atoms with van der Waals surface area (Å²) >= 11 is 0. The lowest BCUT2D eigenvalue weighted by Gasteiger charge is -2.35. The number of allylic oxidation sites excluding steroid dienone is 1. The predicted molar refractivity (Wildman–Crippen MR) is 131 cm³/mol. The van der Waals surface area contributed by atoms with Crippen LogP contribution in [0.5, 0.6) is 5.88 Å². The van der Waals surface area contributed by atoms with Gasteiger partial charge in [-0.1, -0.05) is 31.5 Å². The second kappa shape index (κ2) is 8.19. The molecule has 0 saturated heterocycles. The van der Waals surface area contributed by atoms with Crippen molar-refractivity contribution >= 4 is 25.9 Å². The zero-order valence-corrected chi connectivity index (χ0v) is 22.0. The van der Waals surface area contributed by atoms with Gasteiger partial charge in [0.15, 0.2) is 0 Å². The molecule has 1 aromatic heterocycles. The third-order valence-electron chi connectivity index (χ3n) is 6.38. The summed E-state index contributed by atoms with van der Waals surface area (Å²) in [6.07, 6.45) is 1.52. The van der Waals surface area contributed by atoms with Crippen LogP contribution in [0.4, 0.5) is 0 Å². The maximum atomic E-state index is 13.2. The number of sulfone groups is 1. The molecule has 2 heterocycles. The van der Waals surface area contributed by atoms with Crippen LogP contribution < -0.4 is 4.18 Å². The molecule has 0 saturated carbocycles. The molecule has 0 unspecified atom stereocenters. The Hall–Kier alpha value is -3.20. The second-order valence-electron chi connectivity index (χ2n) is 9.50. The number of hydrogen-bond donors (Lipinski definition) is 0. The Morgan fingerprint density at radius 3 is 2.31 bits per heavy atom. The first-order valence-electron chi connectivity index (χ1n) is 10.9. The first kappa shape index (κ1) is 24.9. The van der Waals surface area contributed by atoms with Gasteiger partial charge in [0.05, 0.1) is 16.7 Å². The molecule has 0 fully saturated rings.